The first kappa shape index (κ1) is 17.5. The third kappa shape index (κ3) is 2.92. The highest BCUT2D eigenvalue weighted by molar-refractivity contribution is 6.06. The maximum Gasteiger partial charge on any atom is 0.435 e. The monoisotopic (exact) mass is 351 g/mol. The fourth-order valence-corrected chi connectivity index (χ4v) is 3.44. The van der Waals surface area contributed by atoms with Gasteiger partial charge in [-0.15, -0.1) is 0 Å². The number of benzene rings is 1. The van der Waals surface area contributed by atoms with Gasteiger partial charge in [0.1, 0.15) is 0 Å². The number of rotatable bonds is 2. The van der Waals surface area contributed by atoms with Crippen molar-refractivity contribution in [1.82, 2.24) is 9.78 Å². The molecule has 1 heterocycles. The maximum atomic E-state index is 13.2. The SMILES string of the molecule is Cc1c(C(=O)Nc2cccc3c2CCC3(C)C)c(C(F)(F)F)nn1C. The van der Waals surface area contributed by atoms with Crippen LogP contribution in [0.3, 0.4) is 0 Å². The highest BCUT2D eigenvalue weighted by atomic mass is 19.4. The predicted molar refractivity (Wildman–Crippen MR) is 88.7 cm³/mol. The number of anilines is 1. The fourth-order valence-electron chi connectivity index (χ4n) is 3.44. The van der Waals surface area contributed by atoms with E-state index in [0.29, 0.717) is 5.69 Å². The van der Waals surface area contributed by atoms with E-state index in [1.807, 2.05) is 12.1 Å². The van der Waals surface area contributed by atoms with Gasteiger partial charge in [0.15, 0.2) is 5.69 Å². The molecule has 0 radical (unpaired) electrons. The first-order valence-electron chi connectivity index (χ1n) is 8.07. The van der Waals surface area contributed by atoms with Gasteiger partial charge in [-0.25, -0.2) is 0 Å². The summed E-state index contributed by atoms with van der Waals surface area (Å²) in [5.74, 6) is -0.781. The molecule has 0 spiro atoms. The summed E-state index contributed by atoms with van der Waals surface area (Å²) < 4.78 is 40.7. The molecule has 1 amide bonds. The van der Waals surface area contributed by atoms with Gasteiger partial charge in [-0.05, 0) is 42.4 Å². The van der Waals surface area contributed by atoms with Crippen LogP contribution in [0.2, 0.25) is 0 Å². The lowest BCUT2D eigenvalue weighted by atomic mass is 9.86. The van der Waals surface area contributed by atoms with Crippen molar-refractivity contribution in [1.29, 1.82) is 0 Å². The van der Waals surface area contributed by atoms with Crippen molar-refractivity contribution in [3.05, 3.63) is 46.3 Å². The van der Waals surface area contributed by atoms with E-state index in [4.69, 9.17) is 0 Å². The van der Waals surface area contributed by atoms with E-state index >= 15 is 0 Å². The summed E-state index contributed by atoms with van der Waals surface area (Å²) in [5.41, 5.74) is 1.29. The molecule has 2 aromatic rings. The second kappa shape index (κ2) is 5.61. The Morgan fingerprint density at radius 1 is 1.32 bits per heavy atom. The van der Waals surface area contributed by atoms with Gasteiger partial charge in [0.2, 0.25) is 0 Å². The van der Waals surface area contributed by atoms with Crippen LogP contribution in [0.15, 0.2) is 18.2 Å². The van der Waals surface area contributed by atoms with E-state index < -0.39 is 23.3 Å². The molecule has 134 valence electrons. The molecule has 1 aromatic heterocycles. The summed E-state index contributed by atoms with van der Waals surface area (Å²) >= 11 is 0. The predicted octanol–water partition coefficient (Wildman–Crippen LogP) is 4.22. The lowest BCUT2D eigenvalue weighted by Gasteiger charge is -2.19. The van der Waals surface area contributed by atoms with Gasteiger partial charge in [-0.2, -0.15) is 18.3 Å². The molecule has 0 aliphatic heterocycles. The molecular weight excluding hydrogens is 331 g/mol. The first-order chi connectivity index (χ1) is 11.5. The molecule has 0 atom stereocenters. The van der Waals surface area contributed by atoms with Crippen molar-refractivity contribution in [3.8, 4) is 0 Å². The summed E-state index contributed by atoms with van der Waals surface area (Å²) in [7, 11) is 1.39. The Hall–Kier alpha value is -2.31. The van der Waals surface area contributed by atoms with Crippen LogP contribution in [0, 0.1) is 6.92 Å². The van der Waals surface area contributed by atoms with Crippen LogP contribution in [0.4, 0.5) is 18.9 Å². The summed E-state index contributed by atoms with van der Waals surface area (Å²) in [6, 6.07) is 5.56. The van der Waals surface area contributed by atoms with Crippen LogP contribution in [0.25, 0.3) is 0 Å². The summed E-state index contributed by atoms with van der Waals surface area (Å²) in [4.78, 5) is 12.6. The van der Waals surface area contributed by atoms with Crippen LogP contribution in [0.5, 0.6) is 0 Å². The van der Waals surface area contributed by atoms with Crippen molar-refractivity contribution in [2.45, 2.75) is 45.2 Å². The number of alkyl halides is 3. The Balaban J connectivity index is 2.00. The zero-order valence-electron chi connectivity index (χ0n) is 14.6. The number of carbonyl (C=O) groups is 1. The molecular formula is C18H20F3N3O. The summed E-state index contributed by atoms with van der Waals surface area (Å²) in [6.45, 7) is 5.70. The smallest absolute Gasteiger partial charge is 0.322 e. The number of aryl methyl sites for hydroxylation is 1. The third-order valence-corrected chi connectivity index (χ3v) is 4.98. The van der Waals surface area contributed by atoms with Crippen LogP contribution >= 0.6 is 0 Å². The average molecular weight is 351 g/mol. The Morgan fingerprint density at radius 3 is 2.64 bits per heavy atom. The van der Waals surface area contributed by atoms with Crippen LogP contribution in [-0.2, 0) is 25.1 Å². The number of halogens is 3. The quantitative estimate of drug-likeness (QED) is 0.880. The number of carbonyl (C=O) groups excluding carboxylic acids is 1. The number of nitrogens with zero attached hydrogens (tertiary/aromatic N) is 2. The van der Waals surface area contributed by atoms with Gasteiger partial charge >= 0.3 is 6.18 Å². The Labute approximate surface area is 144 Å². The zero-order chi connectivity index (χ0) is 18.6. The molecule has 1 aromatic carbocycles. The molecule has 1 aliphatic carbocycles. The molecule has 0 bridgehead atoms. The van der Waals surface area contributed by atoms with Gasteiger partial charge in [-0.3, -0.25) is 9.48 Å². The van der Waals surface area contributed by atoms with Crippen LogP contribution in [0.1, 0.15) is 53.1 Å². The number of aromatic nitrogens is 2. The number of hydrogen-bond acceptors (Lipinski definition) is 2. The van der Waals surface area contributed by atoms with Crippen molar-refractivity contribution in [2.24, 2.45) is 7.05 Å². The lowest BCUT2D eigenvalue weighted by Crippen LogP contribution is -2.19. The number of hydrogen-bond donors (Lipinski definition) is 1. The van der Waals surface area contributed by atoms with E-state index in [9.17, 15) is 18.0 Å². The normalized spacial score (nSPS) is 16.0. The second-order valence-electron chi connectivity index (χ2n) is 7.10. The van der Waals surface area contributed by atoms with Crippen molar-refractivity contribution in [2.75, 3.05) is 5.32 Å². The summed E-state index contributed by atoms with van der Waals surface area (Å²) in [5, 5.41) is 6.14. The van der Waals surface area contributed by atoms with E-state index in [1.54, 1.807) is 6.07 Å². The molecule has 0 fully saturated rings. The summed E-state index contributed by atoms with van der Waals surface area (Å²) in [6.07, 6.45) is -2.95. The Morgan fingerprint density at radius 2 is 2.00 bits per heavy atom. The molecule has 4 nitrogen and oxygen atoms in total. The van der Waals surface area contributed by atoms with E-state index in [1.165, 1.54) is 14.0 Å². The van der Waals surface area contributed by atoms with Crippen molar-refractivity contribution < 1.29 is 18.0 Å². The topological polar surface area (TPSA) is 46.9 Å². The minimum atomic E-state index is -4.68. The average Bonchev–Trinajstić information content (AvgIpc) is 2.98. The minimum absolute atomic E-state index is 0.00256. The third-order valence-electron chi connectivity index (χ3n) is 4.98. The molecule has 25 heavy (non-hydrogen) atoms. The number of fused-ring (bicyclic) bond motifs is 1. The molecule has 1 N–H and O–H groups in total. The molecule has 0 saturated carbocycles. The fraction of sp³-hybridized carbons (Fsp3) is 0.444. The largest absolute Gasteiger partial charge is 0.435 e. The number of amides is 1. The van der Waals surface area contributed by atoms with Crippen molar-refractivity contribution in [3.63, 3.8) is 0 Å². The minimum Gasteiger partial charge on any atom is -0.322 e. The van der Waals surface area contributed by atoms with E-state index in [2.05, 4.69) is 24.3 Å². The van der Waals surface area contributed by atoms with Crippen molar-refractivity contribution >= 4 is 11.6 Å². The molecule has 1 aliphatic rings. The maximum absolute atomic E-state index is 13.2. The highest BCUT2D eigenvalue weighted by Crippen LogP contribution is 2.41. The molecule has 3 rings (SSSR count). The Kier molecular flexibility index (Phi) is 3.93. The first-order valence-corrected chi connectivity index (χ1v) is 8.07. The standard InChI is InChI=1S/C18H20F3N3O/c1-10-14(15(18(19,20)21)23-24(10)4)16(25)22-13-7-5-6-12-11(13)8-9-17(12,2)3/h5-7H,8-9H2,1-4H3,(H,22,25). The van der Waals surface area contributed by atoms with Gasteiger partial charge in [0.05, 0.1) is 5.56 Å². The molecule has 7 heteroatoms. The highest BCUT2D eigenvalue weighted by Gasteiger charge is 2.40. The molecule has 0 saturated heterocycles. The molecule has 0 unspecified atom stereocenters. The van der Waals surface area contributed by atoms with Gasteiger partial charge in [0.25, 0.3) is 5.91 Å². The van der Waals surface area contributed by atoms with E-state index in [0.717, 1.165) is 28.7 Å². The zero-order valence-corrected chi connectivity index (χ0v) is 14.6. The van der Waals surface area contributed by atoms with Crippen LogP contribution in [-0.4, -0.2) is 15.7 Å². The van der Waals surface area contributed by atoms with Gasteiger partial charge in [0, 0.05) is 18.4 Å². The van der Waals surface area contributed by atoms with E-state index in [-0.39, 0.29) is 11.1 Å². The van der Waals surface area contributed by atoms with Gasteiger partial charge < -0.3 is 5.32 Å². The van der Waals surface area contributed by atoms with Gasteiger partial charge in [-0.1, -0.05) is 26.0 Å². The second-order valence-corrected chi connectivity index (χ2v) is 7.10. The van der Waals surface area contributed by atoms with Crippen LogP contribution < -0.4 is 5.32 Å². The Bertz CT molecular complexity index is 850. The lowest BCUT2D eigenvalue weighted by molar-refractivity contribution is -0.141. The number of nitrogens with one attached hydrogen (secondary N) is 1.